The Bertz CT molecular complexity index is 862. The molecule has 0 bridgehead atoms. The molecule has 3 rings (SSSR count). The van der Waals surface area contributed by atoms with E-state index in [1.807, 2.05) is 0 Å². The van der Waals surface area contributed by atoms with Crippen LogP contribution in [0.25, 0.3) is 11.4 Å². The van der Waals surface area contributed by atoms with Crippen LogP contribution in [0.3, 0.4) is 0 Å². The lowest BCUT2D eigenvalue weighted by molar-refractivity contribution is -0.123. The summed E-state index contributed by atoms with van der Waals surface area (Å²) in [6, 6.07) is 6.59. The maximum Gasteiger partial charge on any atom is 0.246 e. The number of halogens is 2. The number of amides is 1. The molecular formula is C16H18Cl2N6O2. The number of aryl methyl sites for hydroxylation is 1. The topological polar surface area (TPSA) is 97.9 Å². The number of rotatable bonds is 6. The second kappa shape index (κ2) is 8.79. The molecule has 2 heterocycles. The summed E-state index contributed by atoms with van der Waals surface area (Å²) in [6.45, 7) is 0.137. The predicted octanol–water partition coefficient (Wildman–Crippen LogP) is 2.12. The summed E-state index contributed by atoms with van der Waals surface area (Å²) in [5.41, 5.74) is 1.56. The summed E-state index contributed by atoms with van der Waals surface area (Å²) in [4.78, 5) is 16.6. The third-order valence-corrected chi connectivity index (χ3v) is 3.85. The fourth-order valence-corrected chi connectivity index (χ4v) is 2.47. The number of hydrogen-bond donors (Lipinski definition) is 2. The minimum atomic E-state index is -0.507. The van der Waals surface area contributed by atoms with Gasteiger partial charge >= 0.3 is 0 Å². The lowest BCUT2D eigenvalue weighted by Crippen LogP contribution is -2.35. The van der Waals surface area contributed by atoms with Gasteiger partial charge in [-0.25, -0.2) is 0 Å². The van der Waals surface area contributed by atoms with Gasteiger partial charge in [0, 0.05) is 29.4 Å². The molecule has 1 atom stereocenters. The minimum absolute atomic E-state index is 0. The number of nitrogens with zero attached hydrogens (tertiary/aromatic N) is 4. The molecule has 138 valence electrons. The highest BCUT2D eigenvalue weighted by Gasteiger charge is 2.20. The molecule has 0 aliphatic rings. The number of hydrogen-bond acceptors (Lipinski definition) is 6. The van der Waals surface area contributed by atoms with Crippen molar-refractivity contribution in [3.63, 3.8) is 0 Å². The van der Waals surface area contributed by atoms with E-state index in [9.17, 15) is 4.79 Å². The quantitative estimate of drug-likeness (QED) is 0.661. The number of aromatic nitrogens is 4. The Labute approximate surface area is 161 Å². The Morgan fingerprint density at radius 1 is 1.35 bits per heavy atom. The maximum atomic E-state index is 12.4. The van der Waals surface area contributed by atoms with Crippen molar-refractivity contribution < 1.29 is 9.32 Å². The molecule has 10 heteroatoms. The summed E-state index contributed by atoms with van der Waals surface area (Å²) in [5.74, 6) is 0.555. The van der Waals surface area contributed by atoms with E-state index >= 15 is 0 Å². The molecule has 0 fully saturated rings. The second-order valence-electron chi connectivity index (χ2n) is 5.41. The van der Waals surface area contributed by atoms with Crippen LogP contribution in [0, 0.1) is 0 Å². The molecule has 0 aliphatic carbocycles. The molecular weight excluding hydrogens is 379 g/mol. The van der Waals surface area contributed by atoms with Crippen molar-refractivity contribution in [2.75, 3.05) is 7.05 Å². The predicted molar refractivity (Wildman–Crippen MR) is 98.8 cm³/mol. The average Bonchev–Trinajstić information content (AvgIpc) is 3.24. The molecule has 2 N–H and O–H groups in total. The van der Waals surface area contributed by atoms with Gasteiger partial charge in [0.25, 0.3) is 0 Å². The van der Waals surface area contributed by atoms with Crippen LogP contribution in [0.5, 0.6) is 0 Å². The van der Waals surface area contributed by atoms with Crippen LogP contribution in [0.4, 0.5) is 0 Å². The van der Waals surface area contributed by atoms with E-state index in [-0.39, 0.29) is 24.9 Å². The van der Waals surface area contributed by atoms with Crippen molar-refractivity contribution in [1.82, 2.24) is 30.6 Å². The van der Waals surface area contributed by atoms with Crippen molar-refractivity contribution in [1.29, 1.82) is 0 Å². The van der Waals surface area contributed by atoms with E-state index in [1.54, 1.807) is 55.4 Å². The van der Waals surface area contributed by atoms with Crippen LogP contribution in [0.2, 0.25) is 5.02 Å². The molecule has 0 aliphatic heterocycles. The lowest BCUT2D eigenvalue weighted by atomic mass is 10.1. The highest BCUT2D eigenvalue weighted by Crippen LogP contribution is 2.18. The lowest BCUT2D eigenvalue weighted by Gasteiger charge is -2.13. The van der Waals surface area contributed by atoms with E-state index in [0.29, 0.717) is 16.7 Å². The van der Waals surface area contributed by atoms with Crippen LogP contribution in [0.1, 0.15) is 17.5 Å². The molecule has 1 aromatic carbocycles. The fourth-order valence-electron chi connectivity index (χ4n) is 2.35. The summed E-state index contributed by atoms with van der Waals surface area (Å²) in [7, 11) is 3.51. The molecule has 2 aromatic heterocycles. The van der Waals surface area contributed by atoms with Gasteiger partial charge in [0.15, 0.2) is 0 Å². The van der Waals surface area contributed by atoms with Gasteiger partial charge in [-0.1, -0.05) is 16.8 Å². The van der Waals surface area contributed by atoms with Crippen LogP contribution in [-0.2, 0) is 18.4 Å². The molecule has 0 saturated carbocycles. The highest BCUT2D eigenvalue weighted by molar-refractivity contribution is 6.30. The van der Waals surface area contributed by atoms with E-state index in [1.165, 1.54) is 0 Å². The SMILES string of the molecule is CNC(C(=O)NCc1nc(-c2ccc(Cl)cc2)no1)c1cnn(C)c1.Cl. The number of likely N-dealkylation sites (N-methyl/N-ethyl adjacent to an activating group) is 1. The zero-order valence-electron chi connectivity index (χ0n) is 14.1. The van der Waals surface area contributed by atoms with Gasteiger partial charge in [-0.15, -0.1) is 12.4 Å². The van der Waals surface area contributed by atoms with Crippen molar-refractivity contribution in [2.45, 2.75) is 12.6 Å². The van der Waals surface area contributed by atoms with Crippen molar-refractivity contribution in [3.05, 3.63) is 53.1 Å². The minimum Gasteiger partial charge on any atom is -0.345 e. The largest absolute Gasteiger partial charge is 0.345 e. The maximum absolute atomic E-state index is 12.4. The van der Waals surface area contributed by atoms with Gasteiger partial charge in [0.2, 0.25) is 17.6 Å². The van der Waals surface area contributed by atoms with Gasteiger partial charge in [-0.05, 0) is 31.3 Å². The van der Waals surface area contributed by atoms with Gasteiger partial charge < -0.3 is 15.2 Å². The standard InChI is InChI=1S/C16H17ClN6O2.ClH/c1-18-14(11-7-20-23(2)9-11)16(24)19-8-13-21-15(22-25-13)10-3-5-12(17)6-4-10;/h3-7,9,14,18H,8H2,1-2H3,(H,19,24);1H. The van der Waals surface area contributed by atoms with Gasteiger partial charge in [0.1, 0.15) is 6.04 Å². The molecule has 0 spiro atoms. The Morgan fingerprint density at radius 3 is 2.69 bits per heavy atom. The van der Waals surface area contributed by atoms with Crippen molar-refractivity contribution in [2.24, 2.45) is 7.05 Å². The van der Waals surface area contributed by atoms with E-state index in [4.69, 9.17) is 16.1 Å². The number of carbonyl (C=O) groups excluding carboxylic acids is 1. The molecule has 3 aromatic rings. The van der Waals surface area contributed by atoms with Crippen LogP contribution < -0.4 is 10.6 Å². The van der Waals surface area contributed by atoms with E-state index in [2.05, 4.69) is 25.9 Å². The summed E-state index contributed by atoms with van der Waals surface area (Å²) in [6.07, 6.45) is 3.43. The molecule has 0 radical (unpaired) electrons. The van der Waals surface area contributed by atoms with Crippen LogP contribution in [-0.4, -0.2) is 32.9 Å². The summed E-state index contributed by atoms with van der Waals surface area (Å²) in [5, 5.41) is 14.4. The van der Waals surface area contributed by atoms with Gasteiger partial charge in [0.05, 0.1) is 12.7 Å². The number of nitrogens with one attached hydrogen (secondary N) is 2. The van der Waals surface area contributed by atoms with Crippen LogP contribution >= 0.6 is 24.0 Å². The number of carbonyl (C=O) groups is 1. The van der Waals surface area contributed by atoms with E-state index < -0.39 is 6.04 Å². The molecule has 26 heavy (non-hydrogen) atoms. The van der Waals surface area contributed by atoms with E-state index in [0.717, 1.165) is 11.1 Å². The summed E-state index contributed by atoms with van der Waals surface area (Å²) >= 11 is 5.86. The molecule has 8 nitrogen and oxygen atoms in total. The second-order valence-corrected chi connectivity index (χ2v) is 5.84. The first kappa shape index (κ1) is 19.9. The van der Waals surface area contributed by atoms with Gasteiger partial charge in [-0.2, -0.15) is 10.1 Å². The highest BCUT2D eigenvalue weighted by atomic mass is 35.5. The normalized spacial score (nSPS) is 11.7. The number of benzene rings is 1. The Morgan fingerprint density at radius 2 is 2.08 bits per heavy atom. The monoisotopic (exact) mass is 396 g/mol. The van der Waals surface area contributed by atoms with Crippen molar-refractivity contribution in [3.8, 4) is 11.4 Å². The Hall–Kier alpha value is -2.42. The van der Waals surface area contributed by atoms with Crippen molar-refractivity contribution >= 4 is 29.9 Å². The Balaban J connectivity index is 0.00000243. The first-order chi connectivity index (χ1) is 12.1. The summed E-state index contributed by atoms with van der Waals surface area (Å²) < 4.78 is 6.82. The smallest absolute Gasteiger partial charge is 0.246 e. The first-order valence-electron chi connectivity index (χ1n) is 7.59. The zero-order chi connectivity index (χ0) is 17.8. The first-order valence-corrected chi connectivity index (χ1v) is 7.96. The average molecular weight is 397 g/mol. The third kappa shape index (κ3) is 4.60. The third-order valence-electron chi connectivity index (χ3n) is 3.59. The Kier molecular flexibility index (Phi) is 6.73. The van der Waals surface area contributed by atoms with Crippen LogP contribution in [0.15, 0.2) is 41.2 Å². The van der Waals surface area contributed by atoms with Gasteiger partial charge in [-0.3, -0.25) is 9.48 Å². The molecule has 1 amide bonds. The molecule has 0 saturated heterocycles. The molecule has 1 unspecified atom stereocenters. The fraction of sp³-hybridized carbons (Fsp3) is 0.250. The zero-order valence-corrected chi connectivity index (χ0v) is 15.7.